The molecule has 102 valence electrons. The third-order valence-electron chi connectivity index (χ3n) is 2.85. The van der Waals surface area contributed by atoms with E-state index in [2.05, 4.69) is 21.0 Å². The van der Waals surface area contributed by atoms with Crippen LogP contribution in [0.1, 0.15) is 17.4 Å². The van der Waals surface area contributed by atoms with Gasteiger partial charge in [-0.2, -0.15) is 5.10 Å². The van der Waals surface area contributed by atoms with Gasteiger partial charge < -0.3 is 15.6 Å². The zero-order valence-corrected chi connectivity index (χ0v) is 12.2. The number of halogens is 1. The van der Waals surface area contributed by atoms with Gasteiger partial charge in [-0.25, -0.2) is 0 Å². The number of nitrogen functional groups attached to an aromatic ring is 1. The summed E-state index contributed by atoms with van der Waals surface area (Å²) in [5, 5.41) is 14.7. The third-order valence-corrected chi connectivity index (χ3v) is 3.46. The third kappa shape index (κ3) is 3.15. The number of rotatable bonds is 5. The van der Waals surface area contributed by atoms with Gasteiger partial charge in [-0.15, -0.1) is 0 Å². The van der Waals surface area contributed by atoms with Crippen molar-refractivity contribution in [2.45, 2.75) is 12.6 Å². The van der Waals surface area contributed by atoms with Crippen LogP contribution >= 0.6 is 15.9 Å². The fourth-order valence-electron chi connectivity index (χ4n) is 1.84. The average Bonchev–Trinajstić information content (AvgIpc) is 2.77. The molecule has 1 aromatic heterocycles. The van der Waals surface area contributed by atoms with Gasteiger partial charge in [0.05, 0.1) is 29.5 Å². The normalized spacial score (nSPS) is 12.6. The van der Waals surface area contributed by atoms with E-state index in [1.54, 1.807) is 42.3 Å². The molecule has 0 saturated heterocycles. The van der Waals surface area contributed by atoms with E-state index >= 15 is 0 Å². The summed E-state index contributed by atoms with van der Waals surface area (Å²) >= 11 is 3.41. The van der Waals surface area contributed by atoms with E-state index in [9.17, 15) is 5.11 Å². The van der Waals surface area contributed by atoms with Crippen LogP contribution in [0.3, 0.4) is 0 Å². The number of methoxy groups -OCH3 is 1. The number of aliphatic hydroxyl groups excluding tert-OH is 1. The molecule has 0 aliphatic carbocycles. The molecule has 0 bridgehead atoms. The van der Waals surface area contributed by atoms with Crippen molar-refractivity contribution in [3.8, 4) is 0 Å². The molecule has 0 fully saturated rings. The fraction of sp³-hybridized carbons (Fsp3) is 0.308. The van der Waals surface area contributed by atoms with Crippen LogP contribution in [-0.4, -0.2) is 28.6 Å². The number of hydrogen-bond acceptors (Lipinski definition) is 4. The van der Waals surface area contributed by atoms with Crippen molar-refractivity contribution in [3.63, 3.8) is 0 Å². The van der Waals surface area contributed by atoms with Crippen molar-refractivity contribution in [1.82, 2.24) is 9.78 Å². The SMILES string of the molecule is COCCn1ncc(Br)c1C(O)c1ccc(N)cc1. The van der Waals surface area contributed by atoms with E-state index in [0.29, 0.717) is 24.5 Å². The first-order valence-electron chi connectivity index (χ1n) is 5.87. The van der Waals surface area contributed by atoms with Crippen LogP contribution in [-0.2, 0) is 11.3 Å². The summed E-state index contributed by atoms with van der Waals surface area (Å²) in [4.78, 5) is 0. The monoisotopic (exact) mass is 325 g/mol. The lowest BCUT2D eigenvalue weighted by atomic mass is 10.1. The number of aromatic nitrogens is 2. The number of nitrogens with two attached hydrogens (primary N) is 1. The highest BCUT2D eigenvalue weighted by molar-refractivity contribution is 9.10. The molecule has 2 aromatic rings. The Kier molecular flexibility index (Phi) is 4.57. The molecule has 2 rings (SSSR count). The van der Waals surface area contributed by atoms with Gasteiger partial charge in [0.25, 0.3) is 0 Å². The lowest BCUT2D eigenvalue weighted by Gasteiger charge is -2.14. The number of hydrogen-bond donors (Lipinski definition) is 2. The van der Waals surface area contributed by atoms with E-state index in [4.69, 9.17) is 10.5 Å². The van der Waals surface area contributed by atoms with Crippen molar-refractivity contribution in [2.24, 2.45) is 0 Å². The molecule has 0 aliphatic heterocycles. The maximum Gasteiger partial charge on any atom is 0.122 e. The summed E-state index contributed by atoms with van der Waals surface area (Å²) in [7, 11) is 1.63. The Hall–Kier alpha value is -1.37. The van der Waals surface area contributed by atoms with Crippen LogP contribution in [0, 0.1) is 0 Å². The molecule has 0 radical (unpaired) electrons. The Morgan fingerprint density at radius 1 is 1.42 bits per heavy atom. The summed E-state index contributed by atoms with van der Waals surface area (Å²) in [6.07, 6.45) is 0.917. The molecule has 0 spiro atoms. The van der Waals surface area contributed by atoms with Crippen LogP contribution in [0.4, 0.5) is 5.69 Å². The smallest absolute Gasteiger partial charge is 0.122 e. The molecule has 1 aromatic carbocycles. The summed E-state index contributed by atoms with van der Waals surface area (Å²) in [6, 6.07) is 7.14. The molecule has 0 aliphatic rings. The largest absolute Gasteiger partial charge is 0.399 e. The van der Waals surface area contributed by atoms with Gasteiger partial charge in [-0.05, 0) is 33.6 Å². The Labute approximate surface area is 120 Å². The first kappa shape index (κ1) is 14.0. The van der Waals surface area contributed by atoms with Gasteiger partial charge in [0.2, 0.25) is 0 Å². The van der Waals surface area contributed by atoms with Crippen molar-refractivity contribution >= 4 is 21.6 Å². The maximum atomic E-state index is 10.5. The topological polar surface area (TPSA) is 73.3 Å². The van der Waals surface area contributed by atoms with E-state index in [0.717, 1.165) is 10.0 Å². The second-order valence-electron chi connectivity index (χ2n) is 4.16. The molecule has 1 unspecified atom stereocenters. The summed E-state index contributed by atoms with van der Waals surface area (Å²) < 4.78 is 7.54. The molecule has 1 atom stereocenters. The fourth-order valence-corrected chi connectivity index (χ4v) is 2.35. The molecular weight excluding hydrogens is 310 g/mol. The minimum absolute atomic E-state index is 0.537. The van der Waals surface area contributed by atoms with Gasteiger partial charge >= 0.3 is 0 Å². The van der Waals surface area contributed by atoms with Crippen molar-refractivity contribution in [3.05, 3.63) is 46.2 Å². The second kappa shape index (κ2) is 6.18. The zero-order valence-electron chi connectivity index (χ0n) is 10.6. The quantitative estimate of drug-likeness (QED) is 0.824. The van der Waals surface area contributed by atoms with Crippen LogP contribution in [0.15, 0.2) is 34.9 Å². The van der Waals surface area contributed by atoms with Crippen molar-refractivity contribution in [1.29, 1.82) is 0 Å². The van der Waals surface area contributed by atoms with Crippen LogP contribution < -0.4 is 5.73 Å². The van der Waals surface area contributed by atoms with E-state index in [1.165, 1.54) is 0 Å². The van der Waals surface area contributed by atoms with Crippen LogP contribution in [0.25, 0.3) is 0 Å². The second-order valence-corrected chi connectivity index (χ2v) is 5.02. The number of ether oxygens (including phenoxy) is 1. The summed E-state index contributed by atoms with van der Waals surface area (Å²) in [5.74, 6) is 0. The van der Waals surface area contributed by atoms with E-state index in [-0.39, 0.29) is 0 Å². The summed E-state index contributed by atoms with van der Waals surface area (Å²) in [6.45, 7) is 1.12. The Morgan fingerprint density at radius 2 is 2.11 bits per heavy atom. The average molecular weight is 326 g/mol. The predicted molar refractivity (Wildman–Crippen MR) is 76.7 cm³/mol. The van der Waals surface area contributed by atoms with Gasteiger partial charge in [0.1, 0.15) is 6.10 Å². The Morgan fingerprint density at radius 3 is 2.74 bits per heavy atom. The first-order valence-corrected chi connectivity index (χ1v) is 6.66. The molecule has 1 heterocycles. The van der Waals surface area contributed by atoms with Gasteiger partial charge in [0.15, 0.2) is 0 Å². The molecule has 0 amide bonds. The zero-order chi connectivity index (χ0) is 13.8. The molecular formula is C13H16BrN3O2. The van der Waals surface area contributed by atoms with Crippen molar-refractivity contribution in [2.75, 3.05) is 19.5 Å². The van der Waals surface area contributed by atoms with Gasteiger partial charge in [0, 0.05) is 12.8 Å². The molecule has 3 N–H and O–H groups in total. The molecule has 5 nitrogen and oxygen atoms in total. The minimum atomic E-state index is -0.755. The van der Waals surface area contributed by atoms with Gasteiger partial charge in [-0.3, -0.25) is 4.68 Å². The minimum Gasteiger partial charge on any atom is -0.399 e. The van der Waals surface area contributed by atoms with E-state index in [1.807, 2.05) is 0 Å². The maximum absolute atomic E-state index is 10.5. The Balaban J connectivity index is 2.29. The van der Waals surface area contributed by atoms with E-state index < -0.39 is 6.10 Å². The lowest BCUT2D eigenvalue weighted by Crippen LogP contribution is -2.13. The predicted octanol–water partition coefficient (Wildman–Crippen LogP) is 1.96. The summed E-state index contributed by atoms with van der Waals surface area (Å²) in [5.41, 5.74) is 7.80. The number of anilines is 1. The number of benzene rings is 1. The van der Waals surface area contributed by atoms with Crippen LogP contribution in [0.5, 0.6) is 0 Å². The molecule has 0 saturated carbocycles. The first-order chi connectivity index (χ1) is 9.13. The van der Waals surface area contributed by atoms with Crippen molar-refractivity contribution < 1.29 is 9.84 Å². The highest BCUT2D eigenvalue weighted by Crippen LogP contribution is 2.28. The van der Waals surface area contributed by atoms with Crippen LogP contribution in [0.2, 0.25) is 0 Å². The number of nitrogens with zero attached hydrogens (tertiary/aromatic N) is 2. The Bertz CT molecular complexity index is 539. The molecule has 19 heavy (non-hydrogen) atoms. The van der Waals surface area contributed by atoms with Gasteiger partial charge in [-0.1, -0.05) is 12.1 Å². The standard InChI is InChI=1S/C13H16BrN3O2/c1-19-7-6-17-12(11(14)8-16-17)13(18)9-2-4-10(15)5-3-9/h2-5,8,13,18H,6-7,15H2,1H3. The highest BCUT2D eigenvalue weighted by atomic mass is 79.9. The number of aliphatic hydroxyl groups is 1. The lowest BCUT2D eigenvalue weighted by molar-refractivity contribution is 0.171. The highest BCUT2D eigenvalue weighted by Gasteiger charge is 2.19. The molecule has 6 heteroatoms.